The predicted octanol–water partition coefficient (Wildman–Crippen LogP) is -0.431. The molecule has 3 aliphatic heterocycles. The van der Waals surface area contributed by atoms with Gasteiger partial charge in [-0.1, -0.05) is 6.42 Å². The molecule has 27 heavy (non-hydrogen) atoms. The lowest BCUT2D eigenvalue weighted by Crippen LogP contribution is -2.53. The lowest BCUT2D eigenvalue weighted by Gasteiger charge is -2.35. The standard InChI is InChI=1S/C15H24N4O7S/c20-13(17-25-9-10-3-1-2-6-16-10)11-7-15(4-5-15)12-8-18(11)14(21)19(12)26-27(22,23)24/h10-12,16H,1-9H2,(H,17,20)(H,22,23,24)/t10?,11-,12-/m0/s1. The molecular weight excluding hydrogens is 380 g/mol. The van der Waals surface area contributed by atoms with E-state index in [1.807, 2.05) is 0 Å². The van der Waals surface area contributed by atoms with Crippen LogP contribution >= 0.6 is 0 Å². The van der Waals surface area contributed by atoms with Crippen LogP contribution in [-0.2, 0) is 24.3 Å². The normalized spacial score (nSPS) is 32.0. The number of piperidine rings is 2. The first-order valence-electron chi connectivity index (χ1n) is 9.21. The van der Waals surface area contributed by atoms with Gasteiger partial charge in [0.1, 0.15) is 6.04 Å². The van der Waals surface area contributed by atoms with Gasteiger partial charge in [0, 0.05) is 12.6 Å². The van der Waals surface area contributed by atoms with E-state index in [4.69, 9.17) is 9.39 Å². The smallest absolute Gasteiger partial charge is 0.312 e. The lowest BCUT2D eigenvalue weighted by molar-refractivity contribution is -0.140. The first kappa shape index (κ1) is 18.9. The Kier molecular flexibility index (Phi) is 4.79. The van der Waals surface area contributed by atoms with Crippen molar-refractivity contribution >= 4 is 22.3 Å². The van der Waals surface area contributed by atoms with Crippen LogP contribution in [0, 0.1) is 5.41 Å². The second-order valence-electron chi connectivity index (χ2n) is 7.79. The van der Waals surface area contributed by atoms with Crippen LogP contribution in [0.15, 0.2) is 0 Å². The third-order valence-corrected chi connectivity index (χ3v) is 6.36. The number of hydrogen-bond acceptors (Lipinski definition) is 7. The van der Waals surface area contributed by atoms with E-state index in [9.17, 15) is 18.0 Å². The molecule has 0 aromatic heterocycles. The van der Waals surface area contributed by atoms with Crippen molar-refractivity contribution in [3.63, 3.8) is 0 Å². The number of fused-ring (bicyclic) bond motifs is 3. The van der Waals surface area contributed by atoms with Crippen LogP contribution in [-0.4, -0.2) is 72.7 Å². The SMILES string of the molecule is O=C(NOCC1CCCCN1)[C@@H]1CC2(CC2)[C@@H]2CN1C(=O)N2OS(=O)(=O)O. The van der Waals surface area contributed by atoms with Gasteiger partial charge in [-0.25, -0.2) is 10.3 Å². The van der Waals surface area contributed by atoms with Crippen LogP contribution in [0.3, 0.4) is 0 Å². The van der Waals surface area contributed by atoms with Gasteiger partial charge in [-0.15, -0.1) is 4.28 Å². The molecule has 0 radical (unpaired) electrons. The average Bonchev–Trinajstić information content (AvgIpc) is 3.33. The third-order valence-electron chi connectivity index (χ3n) is 6.01. The Morgan fingerprint density at radius 2 is 2.15 bits per heavy atom. The van der Waals surface area contributed by atoms with E-state index in [1.165, 1.54) is 4.90 Å². The number of nitrogens with zero attached hydrogens (tertiary/aromatic N) is 2. The van der Waals surface area contributed by atoms with Gasteiger partial charge in [-0.2, -0.15) is 13.5 Å². The summed E-state index contributed by atoms with van der Waals surface area (Å²) in [4.78, 5) is 31.8. The van der Waals surface area contributed by atoms with Gasteiger partial charge in [0.25, 0.3) is 5.91 Å². The summed E-state index contributed by atoms with van der Waals surface area (Å²) < 4.78 is 35.6. The van der Waals surface area contributed by atoms with Crippen molar-refractivity contribution < 1.29 is 31.7 Å². The minimum absolute atomic E-state index is 0.177. The number of hydroxylamine groups is 3. The Labute approximate surface area is 157 Å². The Balaban J connectivity index is 1.39. The van der Waals surface area contributed by atoms with E-state index >= 15 is 0 Å². The molecule has 12 heteroatoms. The molecule has 11 nitrogen and oxygen atoms in total. The predicted molar refractivity (Wildman–Crippen MR) is 90.2 cm³/mol. The maximum absolute atomic E-state index is 12.6. The number of rotatable bonds is 6. The van der Waals surface area contributed by atoms with Crippen molar-refractivity contribution in [1.29, 1.82) is 0 Å². The highest BCUT2D eigenvalue weighted by Crippen LogP contribution is 2.59. The van der Waals surface area contributed by atoms with Crippen LogP contribution < -0.4 is 10.8 Å². The minimum Gasteiger partial charge on any atom is -0.312 e. The summed E-state index contributed by atoms with van der Waals surface area (Å²) in [6.45, 7) is 1.45. The van der Waals surface area contributed by atoms with E-state index in [2.05, 4.69) is 15.1 Å². The van der Waals surface area contributed by atoms with E-state index < -0.39 is 34.4 Å². The molecule has 152 valence electrons. The van der Waals surface area contributed by atoms with Gasteiger partial charge in [0.05, 0.1) is 12.6 Å². The highest BCUT2D eigenvalue weighted by Gasteiger charge is 2.65. The van der Waals surface area contributed by atoms with Crippen LogP contribution in [0.1, 0.15) is 38.5 Å². The lowest BCUT2D eigenvalue weighted by atomic mass is 9.85. The summed E-state index contributed by atoms with van der Waals surface area (Å²) in [5.41, 5.74) is 2.07. The zero-order chi connectivity index (χ0) is 19.2. The molecule has 4 fully saturated rings. The van der Waals surface area contributed by atoms with Crippen molar-refractivity contribution in [1.82, 2.24) is 20.8 Å². The fraction of sp³-hybridized carbons (Fsp3) is 0.867. The van der Waals surface area contributed by atoms with Crippen molar-refractivity contribution in [3.05, 3.63) is 0 Å². The Morgan fingerprint density at radius 1 is 1.37 bits per heavy atom. The molecule has 2 bridgehead atoms. The molecular formula is C15H24N4O7S. The zero-order valence-corrected chi connectivity index (χ0v) is 15.6. The number of hydrogen-bond donors (Lipinski definition) is 3. The molecule has 1 aliphatic carbocycles. The highest BCUT2D eigenvalue weighted by molar-refractivity contribution is 7.80. The number of carbonyl (C=O) groups excluding carboxylic acids is 2. The summed E-state index contributed by atoms with van der Waals surface area (Å²) >= 11 is 0. The second-order valence-corrected chi connectivity index (χ2v) is 8.79. The summed E-state index contributed by atoms with van der Waals surface area (Å²) in [7, 11) is -4.82. The number of carbonyl (C=O) groups is 2. The molecule has 0 aromatic rings. The molecule has 3 heterocycles. The minimum atomic E-state index is -4.82. The van der Waals surface area contributed by atoms with Gasteiger partial charge in [0.15, 0.2) is 0 Å². The molecule has 0 aromatic carbocycles. The van der Waals surface area contributed by atoms with Crippen LogP contribution in [0.4, 0.5) is 4.79 Å². The van der Waals surface area contributed by atoms with Gasteiger partial charge in [-0.3, -0.25) is 14.2 Å². The molecule has 1 unspecified atom stereocenters. The average molecular weight is 404 g/mol. The molecule has 3 amide bonds. The van der Waals surface area contributed by atoms with E-state index in [1.54, 1.807) is 0 Å². The van der Waals surface area contributed by atoms with E-state index in [0.29, 0.717) is 18.1 Å². The maximum atomic E-state index is 12.6. The first-order chi connectivity index (χ1) is 12.8. The molecule has 1 saturated carbocycles. The van der Waals surface area contributed by atoms with Crippen LogP contribution in [0.5, 0.6) is 0 Å². The summed E-state index contributed by atoms with van der Waals surface area (Å²) in [6, 6.07) is -1.80. The van der Waals surface area contributed by atoms with Gasteiger partial charge in [0.2, 0.25) is 0 Å². The fourth-order valence-corrected chi connectivity index (χ4v) is 4.77. The third kappa shape index (κ3) is 3.76. The van der Waals surface area contributed by atoms with E-state index in [0.717, 1.165) is 38.6 Å². The Hall–Kier alpha value is -1.47. The molecule has 4 aliphatic rings. The maximum Gasteiger partial charge on any atom is 0.418 e. The zero-order valence-electron chi connectivity index (χ0n) is 14.8. The molecule has 4 rings (SSSR count). The number of nitrogens with one attached hydrogen (secondary N) is 2. The van der Waals surface area contributed by atoms with E-state index in [-0.39, 0.29) is 18.0 Å². The van der Waals surface area contributed by atoms with Gasteiger partial charge in [-0.05, 0) is 44.1 Å². The number of amides is 3. The van der Waals surface area contributed by atoms with Crippen LogP contribution in [0.25, 0.3) is 0 Å². The number of urea groups is 1. The summed E-state index contributed by atoms with van der Waals surface area (Å²) in [5, 5.41) is 4.01. The van der Waals surface area contributed by atoms with Crippen LogP contribution in [0.2, 0.25) is 0 Å². The highest BCUT2D eigenvalue weighted by atomic mass is 32.3. The summed E-state index contributed by atoms with van der Waals surface area (Å²) in [6.07, 6.45) is 5.17. The van der Waals surface area contributed by atoms with Crippen molar-refractivity contribution in [2.24, 2.45) is 5.41 Å². The molecule has 3 atom stereocenters. The summed E-state index contributed by atoms with van der Waals surface area (Å²) in [5.74, 6) is -0.433. The van der Waals surface area contributed by atoms with Crippen molar-refractivity contribution in [3.8, 4) is 0 Å². The fourth-order valence-electron chi connectivity index (χ4n) is 4.40. The molecule has 3 N–H and O–H groups in total. The van der Waals surface area contributed by atoms with Crippen molar-refractivity contribution in [2.45, 2.75) is 56.7 Å². The largest absolute Gasteiger partial charge is 0.418 e. The monoisotopic (exact) mass is 404 g/mol. The molecule has 1 spiro atoms. The first-order valence-corrected chi connectivity index (χ1v) is 10.6. The molecule has 3 saturated heterocycles. The quantitative estimate of drug-likeness (QED) is 0.401. The van der Waals surface area contributed by atoms with Gasteiger partial charge < -0.3 is 10.2 Å². The Morgan fingerprint density at radius 3 is 2.78 bits per heavy atom. The Bertz CT molecular complexity index is 720. The topological polar surface area (TPSA) is 138 Å². The van der Waals surface area contributed by atoms with Gasteiger partial charge >= 0.3 is 16.4 Å². The van der Waals surface area contributed by atoms with Crippen molar-refractivity contribution in [2.75, 3.05) is 19.7 Å². The second kappa shape index (κ2) is 6.85.